The summed E-state index contributed by atoms with van der Waals surface area (Å²) >= 11 is -2.92. The first kappa shape index (κ1) is 27.7. The molecule has 2 N–H and O–H groups in total. The number of halogens is 3. The van der Waals surface area contributed by atoms with E-state index in [1.165, 1.54) is 30.3 Å². The van der Waals surface area contributed by atoms with Crippen LogP contribution in [0.1, 0.15) is 34.0 Å². The summed E-state index contributed by atoms with van der Waals surface area (Å²) in [6.45, 7) is 3.80. The van der Waals surface area contributed by atoms with E-state index < -0.39 is 41.3 Å². The van der Waals surface area contributed by atoms with Crippen LogP contribution in [0.25, 0.3) is 0 Å². The summed E-state index contributed by atoms with van der Waals surface area (Å²) in [5.41, 5.74) is -0.319. The standard InChI is InChI=1S/C25H23F3N2O6S/c1-3-29-24(33)17-6-9-22(21(13-17)30(37(34)35)19-7-4-15(2)5-8-19)36-20-11-16(12-23(31)32)10-18(14-20)25(26,27)28/h4-11,13-14H,3,12H2,1-2H3,(H,29,33)(H,31,32)(H,34,35)/p-1. The summed E-state index contributed by atoms with van der Waals surface area (Å²) in [4.78, 5) is 23.6. The van der Waals surface area contributed by atoms with E-state index in [-0.39, 0.29) is 34.0 Å². The molecule has 37 heavy (non-hydrogen) atoms. The Balaban J connectivity index is 2.18. The molecule has 3 aromatic carbocycles. The SMILES string of the molecule is CCNC(=O)c1ccc(Oc2cc(CC(=O)O)cc(C(F)(F)F)c2)c(N(c2ccc(C)cc2)S(=O)[O-])c1. The molecule has 3 aromatic rings. The van der Waals surface area contributed by atoms with Gasteiger partial charge in [-0.1, -0.05) is 17.7 Å². The Morgan fingerprint density at radius 2 is 1.76 bits per heavy atom. The molecule has 3 rings (SSSR count). The van der Waals surface area contributed by atoms with Gasteiger partial charge in [0.25, 0.3) is 5.91 Å². The van der Waals surface area contributed by atoms with E-state index in [9.17, 15) is 31.5 Å². The maximum atomic E-state index is 13.5. The van der Waals surface area contributed by atoms with Crippen molar-refractivity contribution in [2.24, 2.45) is 0 Å². The molecule has 1 unspecified atom stereocenters. The van der Waals surface area contributed by atoms with Crippen LogP contribution in [0.4, 0.5) is 24.5 Å². The van der Waals surface area contributed by atoms with Crippen LogP contribution in [0, 0.1) is 6.92 Å². The number of hydrogen-bond acceptors (Lipinski definition) is 5. The zero-order valence-corrected chi connectivity index (χ0v) is 20.5. The van der Waals surface area contributed by atoms with Gasteiger partial charge in [0.2, 0.25) is 0 Å². The van der Waals surface area contributed by atoms with E-state index in [1.54, 1.807) is 26.0 Å². The molecule has 0 bridgehead atoms. The number of hydrogen-bond donors (Lipinski definition) is 2. The normalized spacial score (nSPS) is 12.1. The van der Waals surface area contributed by atoms with E-state index in [0.29, 0.717) is 18.7 Å². The molecule has 0 fully saturated rings. The third kappa shape index (κ3) is 7.08. The van der Waals surface area contributed by atoms with Crippen molar-refractivity contribution in [2.45, 2.75) is 26.4 Å². The number of alkyl halides is 3. The first-order chi connectivity index (χ1) is 17.4. The zero-order chi connectivity index (χ0) is 27.3. The average molecular weight is 536 g/mol. The number of carbonyl (C=O) groups is 2. The first-order valence-corrected chi connectivity index (χ1v) is 11.9. The summed E-state index contributed by atoms with van der Waals surface area (Å²) in [6, 6.07) is 12.7. The quantitative estimate of drug-likeness (QED) is 0.368. The maximum Gasteiger partial charge on any atom is 0.416 e. The van der Waals surface area contributed by atoms with E-state index >= 15 is 0 Å². The van der Waals surface area contributed by atoms with Crippen LogP contribution in [-0.4, -0.2) is 32.3 Å². The second kappa shape index (κ2) is 11.4. The fraction of sp³-hybridized carbons (Fsp3) is 0.200. The van der Waals surface area contributed by atoms with Gasteiger partial charge in [-0.05, 0) is 67.9 Å². The molecule has 8 nitrogen and oxygen atoms in total. The minimum atomic E-state index is -4.79. The molecule has 0 radical (unpaired) electrons. The number of nitrogens with zero attached hydrogens (tertiary/aromatic N) is 1. The molecule has 1 atom stereocenters. The number of benzene rings is 3. The minimum Gasteiger partial charge on any atom is -0.755 e. The Kier molecular flexibility index (Phi) is 8.56. The molecule has 196 valence electrons. The van der Waals surface area contributed by atoms with Gasteiger partial charge < -0.3 is 19.7 Å². The lowest BCUT2D eigenvalue weighted by Crippen LogP contribution is -2.24. The molecule has 0 saturated heterocycles. The van der Waals surface area contributed by atoms with Gasteiger partial charge in [0.15, 0.2) is 5.75 Å². The fourth-order valence-corrected chi connectivity index (χ4v) is 4.04. The van der Waals surface area contributed by atoms with Crippen LogP contribution in [0.15, 0.2) is 60.7 Å². The van der Waals surface area contributed by atoms with Gasteiger partial charge in [0, 0.05) is 12.1 Å². The lowest BCUT2D eigenvalue weighted by atomic mass is 10.1. The van der Waals surface area contributed by atoms with Crippen LogP contribution in [-0.2, 0) is 28.7 Å². The Hall–Kier alpha value is -3.90. The van der Waals surface area contributed by atoms with Crippen LogP contribution >= 0.6 is 0 Å². The minimum absolute atomic E-state index is 0.0855. The fourth-order valence-electron chi connectivity index (χ4n) is 3.44. The molecular weight excluding hydrogens is 513 g/mol. The highest BCUT2D eigenvalue weighted by Crippen LogP contribution is 2.40. The largest absolute Gasteiger partial charge is 0.755 e. The number of aryl methyl sites for hydroxylation is 1. The number of amides is 1. The Morgan fingerprint density at radius 1 is 1.08 bits per heavy atom. The predicted octanol–water partition coefficient (Wildman–Crippen LogP) is 5.12. The van der Waals surface area contributed by atoms with Gasteiger partial charge in [0.05, 0.1) is 34.6 Å². The number of carboxylic acid groups (broad SMARTS) is 1. The molecule has 0 heterocycles. The van der Waals surface area contributed by atoms with Crippen molar-refractivity contribution in [2.75, 3.05) is 10.8 Å². The molecule has 1 amide bonds. The van der Waals surface area contributed by atoms with Gasteiger partial charge in [0.1, 0.15) is 5.75 Å². The summed E-state index contributed by atoms with van der Waals surface area (Å²) in [6.07, 6.45) is -5.48. The topological polar surface area (TPSA) is 119 Å². The molecule has 0 aliphatic rings. The number of anilines is 2. The predicted molar refractivity (Wildman–Crippen MR) is 130 cm³/mol. The molecular formula is C25H22F3N2O6S-. The summed E-state index contributed by atoms with van der Waals surface area (Å²) in [5, 5.41) is 11.6. The van der Waals surface area contributed by atoms with Gasteiger partial charge >= 0.3 is 12.1 Å². The Bertz CT molecular complexity index is 1330. The third-order valence-electron chi connectivity index (χ3n) is 5.07. The van der Waals surface area contributed by atoms with Crippen molar-refractivity contribution in [3.63, 3.8) is 0 Å². The molecule has 0 aromatic heterocycles. The van der Waals surface area contributed by atoms with E-state index in [0.717, 1.165) is 15.9 Å². The van der Waals surface area contributed by atoms with Crippen LogP contribution in [0.5, 0.6) is 11.5 Å². The second-order valence-electron chi connectivity index (χ2n) is 7.92. The monoisotopic (exact) mass is 535 g/mol. The van der Waals surface area contributed by atoms with Crippen LogP contribution in [0.2, 0.25) is 0 Å². The van der Waals surface area contributed by atoms with Gasteiger partial charge in [-0.25, -0.2) is 0 Å². The number of aliphatic carboxylic acids is 1. The van der Waals surface area contributed by atoms with Crippen molar-refractivity contribution >= 4 is 34.5 Å². The van der Waals surface area contributed by atoms with Crippen molar-refractivity contribution < 1.29 is 41.4 Å². The number of nitrogens with one attached hydrogen (secondary N) is 1. The number of carbonyl (C=O) groups excluding carboxylic acids is 1. The van der Waals surface area contributed by atoms with E-state index in [4.69, 9.17) is 9.84 Å². The smallest absolute Gasteiger partial charge is 0.416 e. The summed E-state index contributed by atoms with van der Waals surface area (Å²) < 4.78 is 71.6. The van der Waals surface area contributed by atoms with E-state index in [2.05, 4.69) is 5.32 Å². The molecule has 0 saturated carbocycles. The Morgan fingerprint density at radius 3 is 2.32 bits per heavy atom. The third-order valence-corrected chi connectivity index (χ3v) is 5.78. The lowest BCUT2D eigenvalue weighted by molar-refractivity contribution is -0.138. The average Bonchev–Trinajstić information content (AvgIpc) is 2.80. The number of rotatable bonds is 9. The van der Waals surface area contributed by atoms with Crippen molar-refractivity contribution in [1.82, 2.24) is 5.32 Å². The first-order valence-electron chi connectivity index (χ1n) is 10.9. The van der Waals surface area contributed by atoms with Crippen LogP contribution < -0.4 is 14.4 Å². The Labute approximate surface area is 213 Å². The number of carboxylic acids is 1. The number of ether oxygens (including phenoxy) is 1. The summed E-state index contributed by atoms with van der Waals surface area (Å²) in [5.74, 6) is -2.39. The van der Waals surface area contributed by atoms with Gasteiger partial charge in [-0.2, -0.15) is 13.2 Å². The van der Waals surface area contributed by atoms with Gasteiger partial charge in [-0.3, -0.25) is 18.1 Å². The second-order valence-corrected chi connectivity index (χ2v) is 8.72. The highest BCUT2D eigenvalue weighted by molar-refractivity contribution is 7.81. The molecule has 0 aliphatic carbocycles. The molecule has 12 heteroatoms. The molecule has 0 aliphatic heterocycles. The van der Waals surface area contributed by atoms with Crippen molar-refractivity contribution in [3.05, 3.63) is 82.9 Å². The molecule has 0 spiro atoms. The van der Waals surface area contributed by atoms with Crippen molar-refractivity contribution in [3.8, 4) is 11.5 Å². The van der Waals surface area contributed by atoms with Crippen molar-refractivity contribution in [1.29, 1.82) is 0 Å². The lowest BCUT2D eigenvalue weighted by Gasteiger charge is -2.28. The zero-order valence-electron chi connectivity index (χ0n) is 19.7. The summed E-state index contributed by atoms with van der Waals surface area (Å²) in [7, 11) is 0. The highest BCUT2D eigenvalue weighted by Gasteiger charge is 2.32. The van der Waals surface area contributed by atoms with Gasteiger partial charge in [-0.15, -0.1) is 0 Å². The maximum absolute atomic E-state index is 13.5. The van der Waals surface area contributed by atoms with E-state index in [1.807, 2.05) is 0 Å². The highest BCUT2D eigenvalue weighted by atomic mass is 32.2. The van der Waals surface area contributed by atoms with Crippen LogP contribution in [0.3, 0.4) is 0 Å².